The number of halogens is 7. The lowest BCUT2D eigenvalue weighted by atomic mass is 9.93. The number of nitrogens with one attached hydrogen (secondary N) is 1. The molecule has 0 aliphatic heterocycles. The minimum Gasteiger partial charge on any atom is -0.382 e. The van der Waals surface area contributed by atoms with Crippen molar-refractivity contribution in [3.63, 3.8) is 0 Å². The maximum atomic E-state index is 15.1. The maximum Gasteiger partial charge on any atom is 0.435 e. The minimum absolute atomic E-state index is 0.0813. The molecule has 0 unspecified atom stereocenters. The standard InChI is InChI=1S/C36H33F7N8O/c1-18-16-35(39,40)32-28(18)31(36(41,42)43)48-51(32)17-27(52)47-26(14-19-12-20(37)15-21(38)13-19)29-23(9-8-22(46-29)10-11-34(2,3)45)24-6-5-7-25-30(24)50(4)49-33(25)44/h5-9,12-13,15,18,26H,14,16-17,45H2,1-4H3,(H2,44,49)(H,47,52)/t18-,26-/m0/s1. The molecule has 0 saturated carbocycles. The van der Waals surface area contributed by atoms with Gasteiger partial charge in [-0.2, -0.15) is 32.1 Å². The lowest BCUT2D eigenvalue weighted by molar-refractivity contribution is -0.142. The van der Waals surface area contributed by atoms with Crippen molar-refractivity contribution in [2.75, 3.05) is 5.73 Å². The Bertz CT molecular complexity index is 2250. The number of hydrogen-bond donors (Lipinski definition) is 3. The second kappa shape index (κ2) is 13.0. The summed E-state index contributed by atoms with van der Waals surface area (Å²) in [7, 11) is 1.67. The van der Waals surface area contributed by atoms with E-state index in [1.165, 1.54) is 6.92 Å². The van der Waals surface area contributed by atoms with Crippen LogP contribution in [0.5, 0.6) is 0 Å². The summed E-state index contributed by atoms with van der Waals surface area (Å²) in [5.74, 6) is -1.71. The van der Waals surface area contributed by atoms with Gasteiger partial charge in [-0.15, -0.1) is 0 Å². The Labute approximate surface area is 293 Å². The number of para-hydroxylation sites is 1. The quantitative estimate of drug-likeness (QED) is 0.130. The molecule has 0 spiro atoms. The van der Waals surface area contributed by atoms with E-state index in [1.54, 1.807) is 55.9 Å². The Kier molecular flexibility index (Phi) is 9.06. The Morgan fingerprint density at radius 3 is 2.42 bits per heavy atom. The van der Waals surface area contributed by atoms with Crippen LogP contribution < -0.4 is 16.8 Å². The van der Waals surface area contributed by atoms with Gasteiger partial charge >= 0.3 is 6.18 Å². The summed E-state index contributed by atoms with van der Waals surface area (Å²) in [4.78, 5) is 18.5. The van der Waals surface area contributed by atoms with E-state index >= 15 is 8.78 Å². The molecule has 5 aromatic rings. The van der Waals surface area contributed by atoms with Gasteiger partial charge in [-0.3, -0.25) is 14.2 Å². The van der Waals surface area contributed by atoms with Crippen LogP contribution in [0.4, 0.5) is 36.6 Å². The lowest BCUT2D eigenvalue weighted by Crippen LogP contribution is -2.35. The number of hydrogen-bond acceptors (Lipinski definition) is 6. The Morgan fingerprint density at radius 2 is 1.77 bits per heavy atom. The largest absolute Gasteiger partial charge is 0.435 e. The van der Waals surface area contributed by atoms with Crippen molar-refractivity contribution in [2.45, 2.75) is 69.8 Å². The van der Waals surface area contributed by atoms with Gasteiger partial charge in [-0.1, -0.05) is 25.0 Å². The third-order valence-electron chi connectivity index (χ3n) is 8.60. The topological polar surface area (TPSA) is 130 Å². The van der Waals surface area contributed by atoms with E-state index in [-0.39, 0.29) is 29.2 Å². The molecule has 2 atom stereocenters. The fraction of sp³-hybridized carbons (Fsp3) is 0.333. The lowest BCUT2D eigenvalue weighted by Gasteiger charge is -2.23. The van der Waals surface area contributed by atoms with Crippen LogP contribution in [0.1, 0.15) is 73.1 Å². The number of benzene rings is 2. The number of pyridine rings is 1. The molecule has 272 valence electrons. The average Bonchev–Trinajstić information content (AvgIpc) is 3.64. The fourth-order valence-corrected chi connectivity index (χ4v) is 6.64. The van der Waals surface area contributed by atoms with Crippen molar-refractivity contribution < 1.29 is 35.5 Å². The van der Waals surface area contributed by atoms with Crippen LogP contribution in [-0.4, -0.2) is 36.0 Å². The normalized spacial score (nSPS) is 16.0. The number of rotatable bonds is 7. The molecule has 6 rings (SSSR count). The number of aryl methyl sites for hydroxylation is 1. The van der Waals surface area contributed by atoms with Gasteiger partial charge in [0.15, 0.2) is 11.5 Å². The molecule has 0 saturated heterocycles. The summed E-state index contributed by atoms with van der Waals surface area (Å²) in [6, 6.07) is 9.99. The zero-order valence-corrected chi connectivity index (χ0v) is 28.3. The number of nitrogen functional groups attached to an aromatic ring is 1. The van der Waals surface area contributed by atoms with E-state index in [0.717, 1.165) is 12.1 Å². The Hall–Kier alpha value is -5.43. The molecule has 1 aliphatic rings. The molecule has 0 radical (unpaired) electrons. The third kappa shape index (κ3) is 7.18. The highest BCUT2D eigenvalue weighted by Crippen LogP contribution is 2.52. The molecule has 1 aliphatic carbocycles. The molecule has 52 heavy (non-hydrogen) atoms. The predicted octanol–water partition coefficient (Wildman–Crippen LogP) is 6.50. The van der Waals surface area contributed by atoms with Crippen molar-refractivity contribution in [1.29, 1.82) is 0 Å². The number of anilines is 1. The first-order valence-electron chi connectivity index (χ1n) is 16.1. The first kappa shape index (κ1) is 36.4. The van der Waals surface area contributed by atoms with Crippen LogP contribution in [0, 0.1) is 23.5 Å². The molecule has 2 aromatic carbocycles. The van der Waals surface area contributed by atoms with Crippen molar-refractivity contribution in [2.24, 2.45) is 12.8 Å². The van der Waals surface area contributed by atoms with Crippen molar-refractivity contribution in [3.05, 3.63) is 94.1 Å². The molecule has 0 bridgehead atoms. The summed E-state index contributed by atoms with van der Waals surface area (Å²) in [5, 5.41) is 11.0. The van der Waals surface area contributed by atoms with E-state index in [1.807, 2.05) is 0 Å². The summed E-state index contributed by atoms with van der Waals surface area (Å²) in [6.07, 6.45) is -6.23. The fourth-order valence-electron chi connectivity index (χ4n) is 6.64. The van der Waals surface area contributed by atoms with Crippen LogP contribution in [0.2, 0.25) is 0 Å². The number of alkyl halides is 5. The number of carbonyl (C=O) groups is 1. The average molecular weight is 727 g/mol. The first-order valence-corrected chi connectivity index (χ1v) is 16.1. The molecule has 3 heterocycles. The molecule has 5 N–H and O–H groups in total. The molecule has 1 amide bonds. The molecular weight excluding hydrogens is 693 g/mol. The zero-order chi connectivity index (χ0) is 37.9. The monoisotopic (exact) mass is 726 g/mol. The second-order valence-corrected chi connectivity index (χ2v) is 13.5. The highest BCUT2D eigenvalue weighted by Gasteiger charge is 2.53. The van der Waals surface area contributed by atoms with E-state index < -0.39 is 77.1 Å². The van der Waals surface area contributed by atoms with E-state index in [4.69, 9.17) is 16.5 Å². The summed E-state index contributed by atoms with van der Waals surface area (Å²) >= 11 is 0. The van der Waals surface area contributed by atoms with Gasteiger partial charge in [0.1, 0.15) is 29.6 Å². The number of amides is 1. The van der Waals surface area contributed by atoms with Gasteiger partial charge < -0.3 is 16.8 Å². The molecule has 9 nitrogen and oxygen atoms in total. The van der Waals surface area contributed by atoms with Crippen molar-refractivity contribution >= 4 is 22.6 Å². The first-order chi connectivity index (χ1) is 24.2. The number of carbonyl (C=O) groups excluding carboxylic acids is 1. The van der Waals surface area contributed by atoms with Crippen LogP contribution in [0.25, 0.3) is 22.0 Å². The van der Waals surface area contributed by atoms with Gasteiger partial charge in [0.2, 0.25) is 5.91 Å². The maximum absolute atomic E-state index is 15.1. The third-order valence-corrected chi connectivity index (χ3v) is 8.60. The molecular formula is C36H33F7N8O. The van der Waals surface area contributed by atoms with Gasteiger partial charge in [-0.05, 0) is 68.0 Å². The zero-order valence-electron chi connectivity index (χ0n) is 28.3. The Balaban J connectivity index is 1.51. The van der Waals surface area contributed by atoms with Crippen LogP contribution in [0.3, 0.4) is 0 Å². The molecule has 3 aromatic heterocycles. The van der Waals surface area contributed by atoms with Crippen LogP contribution in [0.15, 0.2) is 48.5 Å². The SMILES string of the molecule is C[C@H]1CC(F)(F)c2c1c(C(F)(F)F)nn2CC(=O)N[C@@H](Cc1cc(F)cc(F)c1)c1nc(C#CC(C)(C)N)ccc1-c1cccc2c(N)nn(C)c12. The number of nitrogens with zero attached hydrogens (tertiary/aromatic N) is 5. The molecule has 16 heteroatoms. The van der Waals surface area contributed by atoms with E-state index in [0.29, 0.717) is 32.8 Å². The van der Waals surface area contributed by atoms with Crippen LogP contribution >= 0.6 is 0 Å². The molecule has 0 fully saturated rings. The second-order valence-electron chi connectivity index (χ2n) is 13.5. The van der Waals surface area contributed by atoms with E-state index in [2.05, 4.69) is 27.4 Å². The van der Waals surface area contributed by atoms with Crippen LogP contribution in [-0.2, 0) is 36.9 Å². The Morgan fingerprint density at radius 1 is 1.08 bits per heavy atom. The predicted molar refractivity (Wildman–Crippen MR) is 179 cm³/mol. The van der Waals surface area contributed by atoms with Gasteiger partial charge in [0, 0.05) is 41.6 Å². The van der Waals surface area contributed by atoms with Gasteiger partial charge in [0.05, 0.1) is 22.8 Å². The highest BCUT2D eigenvalue weighted by atomic mass is 19.4. The summed E-state index contributed by atoms with van der Waals surface area (Å²) in [6.45, 7) is 3.55. The number of nitrogens with two attached hydrogens (primary N) is 2. The highest BCUT2D eigenvalue weighted by molar-refractivity contribution is 6.00. The van der Waals surface area contributed by atoms with Gasteiger partial charge in [0.25, 0.3) is 5.92 Å². The summed E-state index contributed by atoms with van der Waals surface area (Å²) < 4.78 is 103. The summed E-state index contributed by atoms with van der Waals surface area (Å²) in [5.41, 5.74) is 10.1. The number of fused-ring (bicyclic) bond motifs is 2. The van der Waals surface area contributed by atoms with Crippen molar-refractivity contribution in [1.82, 2.24) is 29.9 Å². The number of aromatic nitrogens is 5. The van der Waals surface area contributed by atoms with Gasteiger partial charge in [-0.25, -0.2) is 13.8 Å². The smallest absolute Gasteiger partial charge is 0.382 e. The van der Waals surface area contributed by atoms with Crippen molar-refractivity contribution in [3.8, 4) is 23.0 Å². The van der Waals surface area contributed by atoms with E-state index in [9.17, 15) is 26.7 Å². The minimum atomic E-state index is -5.06.